The Labute approximate surface area is 101 Å². The lowest BCUT2D eigenvalue weighted by Crippen LogP contribution is -2.45. The van der Waals surface area contributed by atoms with Gasteiger partial charge in [-0.2, -0.15) is 0 Å². The lowest BCUT2D eigenvalue weighted by Gasteiger charge is -2.32. The molecule has 0 fully saturated rings. The molecule has 86 valence electrons. The van der Waals surface area contributed by atoms with Gasteiger partial charge in [0.25, 0.3) is 5.91 Å². The molecule has 0 radical (unpaired) electrons. The number of hydrogen-bond acceptors (Lipinski definition) is 2. The fourth-order valence-corrected chi connectivity index (χ4v) is 2.21. The molecule has 5 heteroatoms. The molecule has 0 saturated heterocycles. The van der Waals surface area contributed by atoms with E-state index in [0.29, 0.717) is 17.6 Å². The summed E-state index contributed by atoms with van der Waals surface area (Å²) in [5.74, 6) is -0.416. The third-order valence-corrected chi connectivity index (χ3v) is 3.03. The van der Waals surface area contributed by atoms with Crippen LogP contribution in [0.2, 0.25) is 0 Å². The summed E-state index contributed by atoms with van der Waals surface area (Å²) in [5, 5.41) is 0. The van der Waals surface area contributed by atoms with Crippen molar-refractivity contribution in [1.82, 2.24) is 0 Å². The molecule has 1 aromatic carbocycles. The largest absolute Gasteiger partial charge is 0.475 e. The maximum absolute atomic E-state index is 13.5. The number of para-hydroxylation sites is 1. The number of nitrogens with zero attached hydrogens (tertiary/aromatic N) is 1. The van der Waals surface area contributed by atoms with Crippen LogP contribution in [0.5, 0.6) is 5.75 Å². The highest BCUT2D eigenvalue weighted by atomic mass is 79.9. The van der Waals surface area contributed by atoms with Crippen LogP contribution in [0, 0.1) is 5.82 Å². The van der Waals surface area contributed by atoms with E-state index in [9.17, 15) is 9.18 Å². The van der Waals surface area contributed by atoms with Crippen molar-refractivity contribution in [3.05, 3.63) is 24.0 Å². The van der Waals surface area contributed by atoms with Gasteiger partial charge in [-0.25, -0.2) is 4.39 Å². The standard InChI is InChI=1S/C11H11BrFNO2/c1-2-9-11(15)14(6-12)8-5-3-4-7(13)10(8)16-9/h3-5,9H,2,6H2,1H3. The van der Waals surface area contributed by atoms with Crippen LogP contribution in [-0.4, -0.2) is 17.5 Å². The maximum atomic E-state index is 13.5. The number of alkyl halides is 1. The fraction of sp³-hybridized carbons (Fsp3) is 0.364. The second kappa shape index (κ2) is 4.41. The summed E-state index contributed by atoms with van der Waals surface area (Å²) in [6, 6.07) is 4.56. The van der Waals surface area contributed by atoms with Crippen LogP contribution in [0.1, 0.15) is 13.3 Å². The predicted octanol–water partition coefficient (Wildman–Crippen LogP) is 2.68. The third kappa shape index (κ3) is 1.69. The highest BCUT2D eigenvalue weighted by Crippen LogP contribution is 2.37. The van der Waals surface area contributed by atoms with Gasteiger partial charge in [-0.15, -0.1) is 0 Å². The number of carbonyl (C=O) groups is 1. The number of anilines is 1. The summed E-state index contributed by atoms with van der Waals surface area (Å²) in [6.45, 7) is 1.83. The first-order valence-electron chi connectivity index (χ1n) is 5.01. The molecule has 0 aromatic heterocycles. The van der Waals surface area contributed by atoms with Crippen molar-refractivity contribution in [3.63, 3.8) is 0 Å². The molecule has 1 unspecified atom stereocenters. The van der Waals surface area contributed by atoms with Gasteiger partial charge in [0.15, 0.2) is 17.7 Å². The molecule has 0 saturated carbocycles. The molecule has 1 aliphatic rings. The normalized spacial score (nSPS) is 19.3. The summed E-state index contributed by atoms with van der Waals surface area (Å²) < 4.78 is 18.9. The minimum Gasteiger partial charge on any atom is -0.475 e. The van der Waals surface area contributed by atoms with E-state index in [2.05, 4.69) is 15.9 Å². The average Bonchev–Trinajstić information content (AvgIpc) is 2.29. The Kier molecular flexibility index (Phi) is 3.14. The molecule has 2 rings (SSSR count). The first-order chi connectivity index (χ1) is 7.69. The topological polar surface area (TPSA) is 29.5 Å². The summed E-state index contributed by atoms with van der Waals surface area (Å²) in [5.41, 5.74) is 0.814. The lowest BCUT2D eigenvalue weighted by atomic mass is 10.1. The molecule has 1 aromatic rings. The minimum atomic E-state index is -0.595. The van der Waals surface area contributed by atoms with E-state index in [1.807, 2.05) is 6.92 Å². The van der Waals surface area contributed by atoms with Crippen molar-refractivity contribution in [2.45, 2.75) is 19.4 Å². The van der Waals surface area contributed by atoms with Gasteiger partial charge in [-0.3, -0.25) is 9.69 Å². The molecule has 0 bridgehead atoms. The van der Waals surface area contributed by atoms with Crippen LogP contribution in [0.15, 0.2) is 18.2 Å². The van der Waals surface area contributed by atoms with Gasteiger partial charge < -0.3 is 4.74 Å². The van der Waals surface area contributed by atoms with Crippen LogP contribution in [0.4, 0.5) is 10.1 Å². The van der Waals surface area contributed by atoms with Crippen molar-refractivity contribution in [1.29, 1.82) is 0 Å². The molecule has 1 aliphatic heterocycles. The van der Waals surface area contributed by atoms with E-state index in [1.165, 1.54) is 11.0 Å². The fourth-order valence-electron chi connectivity index (χ4n) is 1.69. The molecular weight excluding hydrogens is 277 g/mol. The van der Waals surface area contributed by atoms with Crippen molar-refractivity contribution in [3.8, 4) is 5.75 Å². The van der Waals surface area contributed by atoms with E-state index < -0.39 is 11.9 Å². The summed E-state index contributed by atoms with van der Waals surface area (Å²) in [6.07, 6.45) is -0.0715. The Hall–Kier alpha value is -1.10. The molecule has 3 nitrogen and oxygen atoms in total. The number of benzene rings is 1. The van der Waals surface area contributed by atoms with Gasteiger partial charge in [0, 0.05) is 0 Å². The van der Waals surface area contributed by atoms with Crippen molar-refractivity contribution >= 4 is 27.5 Å². The van der Waals surface area contributed by atoms with Crippen LogP contribution in [0.3, 0.4) is 0 Å². The number of amides is 1. The Morgan fingerprint density at radius 1 is 1.56 bits per heavy atom. The third-order valence-electron chi connectivity index (χ3n) is 2.53. The van der Waals surface area contributed by atoms with Gasteiger partial charge >= 0.3 is 0 Å². The first-order valence-corrected chi connectivity index (χ1v) is 6.13. The summed E-state index contributed by atoms with van der Waals surface area (Å²) in [7, 11) is 0. The van der Waals surface area contributed by atoms with Crippen molar-refractivity contribution in [2.75, 3.05) is 10.4 Å². The van der Waals surface area contributed by atoms with Gasteiger partial charge in [0.2, 0.25) is 0 Å². The van der Waals surface area contributed by atoms with Crippen LogP contribution < -0.4 is 9.64 Å². The smallest absolute Gasteiger partial charge is 0.268 e. The zero-order valence-corrected chi connectivity index (χ0v) is 10.3. The monoisotopic (exact) mass is 287 g/mol. The highest BCUT2D eigenvalue weighted by Gasteiger charge is 2.34. The van der Waals surface area contributed by atoms with Crippen LogP contribution >= 0.6 is 15.9 Å². The molecule has 1 amide bonds. The number of ether oxygens (including phenoxy) is 1. The van der Waals surface area contributed by atoms with E-state index in [0.717, 1.165) is 0 Å². The Morgan fingerprint density at radius 3 is 2.94 bits per heavy atom. The number of hydrogen-bond donors (Lipinski definition) is 0. The van der Waals surface area contributed by atoms with Crippen molar-refractivity contribution in [2.24, 2.45) is 0 Å². The molecule has 0 aliphatic carbocycles. The molecule has 1 atom stereocenters. The van der Waals surface area contributed by atoms with Gasteiger partial charge in [0.1, 0.15) is 0 Å². The Morgan fingerprint density at radius 2 is 2.31 bits per heavy atom. The molecule has 16 heavy (non-hydrogen) atoms. The van der Waals surface area contributed by atoms with E-state index in [1.54, 1.807) is 12.1 Å². The number of carbonyl (C=O) groups excluding carboxylic acids is 1. The Bertz CT molecular complexity index is 424. The number of halogens is 2. The quantitative estimate of drug-likeness (QED) is 0.618. The number of rotatable bonds is 2. The van der Waals surface area contributed by atoms with Crippen LogP contribution in [0.25, 0.3) is 0 Å². The second-order valence-corrected chi connectivity index (χ2v) is 3.99. The van der Waals surface area contributed by atoms with Gasteiger partial charge in [-0.1, -0.05) is 28.9 Å². The van der Waals surface area contributed by atoms with Gasteiger partial charge in [-0.05, 0) is 18.6 Å². The van der Waals surface area contributed by atoms with E-state index in [4.69, 9.17) is 4.74 Å². The highest BCUT2D eigenvalue weighted by molar-refractivity contribution is 9.09. The van der Waals surface area contributed by atoms with Gasteiger partial charge in [0.05, 0.1) is 11.1 Å². The second-order valence-electron chi connectivity index (χ2n) is 3.49. The average molecular weight is 288 g/mol. The maximum Gasteiger partial charge on any atom is 0.268 e. The zero-order chi connectivity index (χ0) is 11.7. The molecule has 0 spiro atoms. The molecule has 1 heterocycles. The summed E-state index contributed by atoms with van der Waals surface area (Å²) in [4.78, 5) is 13.4. The Balaban J connectivity index is 2.50. The predicted molar refractivity (Wildman–Crippen MR) is 62.4 cm³/mol. The molecular formula is C11H11BrFNO2. The zero-order valence-electron chi connectivity index (χ0n) is 8.74. The van der Waals surface area contributed by atoms with Crippen molar-refractivity contribution < 1.29 is 13.9 Å². The minimum absolute atomic E-state index is 0.141. The molecule has 0 N–H and O–H groups in total. The SMILES string of the molecule is CCC1Oc2c(F)cccc2N(CBr)C1=O. The van der Waals surface area contributed by atoms with E-state index in [-0.39, 0.29) is 11.7 Å². The van der Waals surface area contributed by atoms with Crippen LogP contribution in [-0.2, 0) is 4.79 Å². The summed E-state index contributed by atoms with van der Waals surface area (Å²) >= 11 is 3.23. The lowest BCUT2D eigenvalue weighted by molar-refractivity contribution is -0.126. The van der Waals surface area contributed by atoms with E-state index >= 15 is 0 Å². The first kappa shape index (κ1) is 11.4. The number of fused-ring (bicyclic) bond motifs is 1.